The minimum Gasteiger partial charge on any atom is -0.382 e. The Kier molecular flexibility index (Phi) is 11.2. The van der Waals surface area contributed by atoms with E-state index >= 15 is 0 Å². The molecule has 0 spiro atoms. The molecule has 0 saturated carbocycles. The van der Waals surface area contributed by atoms with Gasteiger partial charge in [0.05, 0.1) is 32.0 Å². The van der Waals surface area contributed by atoms with Gasteiger partial charge in [-0.1, -0.05) is 6.92 Å². The lowest BCUT2D eigenvalue weighted by atomic mass is 10.3. The summed E-state index contributed by atoms with van der Waals surface area (Å²) in [7, 11) is 1.70. The molecule has 1 atom stereocenters. The van der Waals surface area contributed by atoms with Gasteiger partial charge < -0.3 is 19.5 Å². The Hall–Kier alpha value is -0.160. The van der Waals surface area contributed by atoms with E-state index in [1.807, 2.05) is 13.8 Å². The third-order valence-corrected chi connectivity index (χ3v) is 2.04. The van der Waals surface area contributed by atoms with Crippen LogP contribution in [0.4, 0.5) is 0 Å². The molecular weight excluding hydrogens is 206 g/mol. The molecule has 0 saturated heterocycles. The van der Waals surface area contributed by atoms with Gasteiger partial charge in [-0.3, -0.25) is 0 Å². The van der Waals surface area contributed by atoms with Crippen molar-refractivity contribution in [3.8, 4) is 0 Å². The average Bonchev–Trinajstić information content (AvgIpc) is 2.24. The van der Waals surface area contributed by atoms with Gasteiger partial charge in [-0.25, -0.2) is 0 Å². The average molecular weight is 233 g/mol. The van der Waals surface area contributed by atoms with Gasteiger partial charge in [-0.15, -0.1) is 0 Å². The monoisotopic (exact) mass is 233 g/mol. The van der Waals surface area contributed by atoms with Gasteiger partial charge in [-0.05, 0) is 26.8 Å². The molecule has 4 nitrogen and oxygen atoms in total. The molecule has 0 fully saturated rings. The highest BCUT2D eigenvalue weighted by Gasteiger charge is 2.07. The molecular formula is C12H27NO3. The molecule has 16 heavy (non-hydrogen) atoms. The third-order valence-electron chi connectivity index (χ3n) is 2.04. The van der Waals surface area contributed by atoms with E-state index < -0.39 is 0 Å². The number of ether oxygens (including phenoxy) is 3. The van der Waals surface area contributed by atoms with Crippen molar-refractivity contribution in [2.75, 3.05) is 40.0 Å². The largest absolute Gasteiger partial charge is 0.382 e. The summed E-state index contributed by atoms with van der Waals surface area (Å²) in [6, 6.07) is 0. The highest BCUT2D eigenvalue weighted by Crippen LogP contribution is 1.94. The first-order valence-corrected chi connectivity index (χ1v) is 6.13. The van der Waals surface area contributed by atoms with Crippen molar-refractivity contribution < 1.29 is 14.2 Å². The van der Waals surface area contributed by atoms with Crippen LogP contribution < -0.4 is 5.32 Å². The summed E-state index contributed by atoms with van der Waals surface area (Å²) >= 11 is 0. The molecule has 0 heterocycles. The lowest BCUT2D eigenvalue weighted by Crippen LogP contribution is -2.34. The number of methoxy groups -OCH3 is 1. The highest BCUT2D eigenvalue weighted by atomic mass is 16.5. The van der Waals surface area contributed by atoms with Crippen LogP contribution in [0, 0.1) is 0 Å². The molecule has 0 rings (SSSR count). The van der Waals surface area contributed by atoms with E-state index in [0.29, 0.717) is 19.8 Å². The summed E-state index contributed by atoms with van der Waals surface area (Å²) in [5, 5.41) is 3.32. The van der Waals surface area contributed by atoms with Crippen molar-refractivity contribution >= 4 is 0 Å². The van der Waals surface area contributed by atoms with Gasteiger partial charge in [-0.2, -0.15) is 0 Å². The fourth-order valence-electron chi connectivity index (χ4n) is 1.29. The summed E-state index contributed by atoms with van der Waals surface area (Å²) in [5.74, 6) is 0. The predicted molar refractivity (Wildman–Crippen MR) is 65.9 cm³/mol. The van der Waals surface area contributed by atoms with Crippen molar-refractivity contribution in [2.45, 2.75) is 39.4 Å². The van der Waals surface area contributed by atoms with Crippen molar-refractivity contribution in [3.63, 3.8) is 0 Å². The van der Waals surface area contributed by atoms with E-state index in [-0.39, 0.29) is 12.2 Å². The van der Waals surface area contributed by atoms with Crippen LogP contribution in [0.2, 0.25) is 0 Å². The van der Waals surface area contributed by atoms with Gasteiger partial charge in [0, 0.05) is 13.7 Å². The fraction of sp³-hybridized carbons (Fsp3) is 1.00. The highest BCUT2D eigenvalue weighted by molar-refractivity contribution is 4.60. The first-order chi connectivity index (χ1) is 7.70. The minimum atomic E-state index is 0.118. The van der Waals surface area contributed by atoms with Crippen LogP contribution in [0.5, 0.6) is 0 Å². The van der Waals surface area contributed by atoms with E-state index in [9.17, 15) is 0 Å². The lowest BCUT2D eigenvalue weighted by molar-refractivity contribution is -0.0372. The summed E-state index contributed by atoms with van der Waals surface area (Å²) in [5.41, 5.74) is 0. The zero-order chi connectivity index (χ0) is 12.2. The Morgan fingerprint density at radius 3 is 2.38 bits per heavy atom. The first kappa shape index (κ1) is 15.8. The molecule has 0 aromatic rings. The fourth-order valence-corrected chi connectivity index (χ4v) is 1.29. The number of hydrogen-bond donors (Lipinski definition) is 1. The molecule has 1 unspecified atom stereocenters. The maximum Gasteiger partial charge on any atom is 0.0933 e. The standard InChI is InChI=1S/C12H27NO3/c1-5-6-13-9-12(10-14-4)16-8-7-15-11(2)3/h11-13H,5-10H2,1-4H3. The Morgan fingerprint density at radius 1 is 1.12 bits per heavy atom. The molecule has 1 N–H and O–H groups in total. The van der Waals surface area contributed by atoms with Crippen LogP contribution >= 0.6 is 0 Å². The van der Waals surface area contributed by atoms with Crippen molar-refractivity contribution in [1.29, 1.82) is 0 Å². The zero-order valence-electron chi connectivity index (χ0n) is 11.1. The normalized spacial score (nSPS) is 13.3. The van der Waals surface area contributed by atoms with E-state index in [1.54, 1.807) is 7.11 Å². The molecule has 0 radical (unpaired) electrons. The van der Waals surface area contributed by atoms with Crippen LogP contribution in [-0.2, 0) is 14.2 Å². The van der Waals surface area contributed by atoms with Crippen molar-refractivity contribution in [3.05, 3.63) is 0 Å². The maximum atomic E-state index is 5.67. The van der Waals surface area contributed by atoms with E-state index in [4.69, 9.17) is 14.2 Å². The SMILES string of the molecule is CCCNCC(COC)OCCOC(C)C. The quantitative estimate of drug-likeness (QED) is 0.548. The van der Waals surface area contributed by atoms with Crippen LogP contribution in [0.25, 0.3) is 0 Å². The molecule has 98 valence electrons. The van der Waals surface area contributed by atoms with E-state index in [1.165, 1.54) is 0 Å². The van der Waals surface area contributed by atoms with E-state index in [2.05, 4.69) is 12.2 Å². The van der Waals surface area contributed by atoms with Gasteiger partial charge >= 0.3 is 0 Å². The van der Waals surface area contributed by atoms with Crippen molar-refractivity contribution in [1.82, 2.24) is 5.32 Å². The number of rotatable bonds is 11. The maximum absolute atomic E-state index is 5.67. The second kappa shape index (κ2) is 11.3. The Bertz CT molecular complexity index is 142. The number of nitrogens with one attached hydrogen (secondary N) is 1. The van der Waals surface area contributed by atoms with Gasteiger partial charge in [0.15, 0.2) is 0 Å². The molecule has 0 aliphatic carbocycles. The Morgan fingerprint density at radius 2 is 1.81 bits per heavy atom. The number of hydrogen-bond acceptors (Lipinski definition) is 4. The third kappa shape index (κ3) is 10.4. The molecule has 0 bridgehead atoms. The molecule has 0 amide bonds. The Balaban J connectivity index is 3.51. The van der Waals surface area contributed by atoms with Gasteiger partial charge in [0.1, 0.15) is 0 Å². The molecule has 0 aromatic heterocycles. The van der Waals surface area contributed by atoms with Crippen molar-refractivity contribution in [2.24, 2.45) is 0 Å². The Labute approximate surface area is 99.6 Å². The van der Waals surface area contributed by atoms with Gasteiger partial charge in [0.2, 0.25) is 0 Å². The predicted octanol–water partition coefficient (Wildman–Crippen LogP) is 1.44. The lowest BCUT2D eigenvalue weighted by Gasteiger charge is -2.18. The minimum absolute atomic E-state index is 0.118. The molecule has 0 aliphatic heterocycles. The van der Waals surface area contributed by atoms with E-state index in [0.717, 1.165) is 19.5 Å². The topological polar surface area (TPSA) is 39.7 Å². The van der Waals surface area contributed by atoms with Gasteiger partial charge in [0.25, 0.3) is 0 Å². The molecule has 4 heteroatoms. The zero-order valence-corrected chi connectivity index (χ0v) is 11.1. The first-order valence-electron chi connectivity index (χ1n) is 6.13. The van der Waals surface area contributed by atoms with Crippen LogP contribution in [0.3, 0.4) is 0 Å². The summed E-state index contributed by atoms with van der Waals surface area (Å²) in [6.45, 7) is 9.94. The summed E-state index contributed by atoms with van der Waals surface area (Å²) in [6.07, 6.45) is 1.52. The smallest absolute Gasteiger partial charge is 0.0933 e. The van der Waals surface area contributed by atoms with Crippen LogP contribution in [-0.4, -0.2) is 52.2 Å². The second-order valence-electron chi connectivity index (χ2n) is 4.07. The summed E-state index contributed by atoms with van der Waals surface area (Å²) in [4.78, 5) is 0. The summed E-state index contributed by atoms with van der Waals surface area (Å²) < 4.78 is 16.2. The molecule has 0 aliphatic rings. The van der Waals surface area contributed by atoms with Crippen LogP contribution in [0.1, 0.15) is 27.2 Å². The second-order valence-corrected chi connectivity index (χ2v) is 4.07. The molecule has 0 aromatic carbocycles. The van der Waals surface area contributed by atoms with Crippen LogP contribution in [0.15, 0.2) is 0 Å².